The minimum Gasteiger partial charge on any atom is -0.393 e. The van der Waals surface area contributed by atoms with Crippen LogP contribution in [0, 0.1) is 5.92 Å². The van der Waals surface area contributed by atoms with Crippen molar-refractivity contribution in [3.05, 3.63) is 35.9 Å². The first-order valence-corrected chi connectivity index (χ1v) is 7.93. The number of amides is 1. The first-order valence-electron chi connectivity index (χ1n) is 6.13. The standard InChI is InChI=1S/C14H20N2OS2/c1-16(8-9-19-2)14(17)12(13(15)18)10-11-6-4-3-5-7-11/h3-7,12H,8-10H2,1-2H3,(H2,15,18). The highest BCUT2D eigenvalue weighted by Crippen LogP contribution is 2.12. The third kappa shape index (κ3) is 5.20. The van der Waals surface area contributed by atoms with Gasteiger partial charge in [-0.25, -0.2) is 0 Å². The topological polar surface area (TPSA) is 46.3 Å². The van der Waals surface area contributed by atoms with Crippen LogP contribution in [-0.2, 0) is 11.2 Å². The molecule has 0 fully saturated rings. The van der Waals surface area contributed by atoms with Gasteiger partial charge in [-0.2, -0.15) is 11.8 Å². The van der Waals surface area contributed by atoms with Crippen LogP contribution in [0.5, 0.6) is 0 Å². The minimum absolute atomic E-state index is 0.00500. The highest BCUT2D eigenvalue weighted by molar-refractivity contribution is 7.98. The molecule has 2 N–H and O–H groups in total. The van der Waals surface area contributed by atoms with Crippen LogP contribution in [0.15, 0.2) is 30.3 Å². The molecule has 1 aromatic carbocycles. The normalized spacial score (nSPS) is 11.9. The van der Waals surface area contributed by atoms with E-state index < -0.39 is 5.92 Å². The van der Waals surface area contributed by atoms with Crippen LogP contribution in [-0.4, -0.2) is 41.4 Å². The minimum atomic E-state index is -0.413. The number of nitrogens with zero attached hydrogens (tertiary/aromatic N) is 1. The van der Waals surface area contributed by atoms with E-state index in [1.54, 1.807) is 23.7 Å². The summed E-state index contributed by atoms with van der Waals surface area (Å²) in [5, 5.41) is 0. The Morgan fingerprint density at radius 1 is 1.42 bits per heavy atom. The van der Waals surface area contributed by atoms with Crippen LogP contribution in [0.1, 0.15) is 5.56 Å². The van der Waals surface area contributed by atoms with Crippen molar-refractivity contribution in [2.24, 2.45) is 11.7 Å². The second-order valence-electron chi connectivity index (χ2n) is 4.40. The number of thiocarbonyl (C=S) groups is 1. The average molecular weight is 296 g/mol. The molecule has 1 amide bonds. The summed E-state index contributed by atoms with van der Waals surface area (Å²) >= 11 is 6.76. The number of hydrogen-bond donors (Lipinski definition) is 1. The van der Waals surface area contributed by atoms with Crippen LogP contribution >= 0.6 is 24.0 Å². The predicted octanol–water partition coefficient (Wildman–Crippen LogP) is 1.95. The van der Waals surface area contributed by atoms with Gasteiger partial charge in [-0.3, -0.25) is 4.79 Å². The monoisotopic (exact) mass is 296 g/mol. The van der Waals surface area contributed by atoms with E-state index in [2.05, 4.69) is 0 Å². The smallest absolute Gasteiger partial charge is 0.232 e. The molecule has 0 bridgehead atoms. The van der Waals surface area contributed by atoms with E-state index in [4.69, 9.17) is 18.0 Å². The van der Waals surface area contributed by atoms with Crippen LogP contribution < -0.4 is 5.73 Å². The highest BCUT2D eigenvalue weighted by atomic mass is 32.2. The molecule has 0 aliphatic rings. The Bertz CT molecular complexity index is 423. The van der Waals surface area contributed by atoms with Gasteiger partial charge in [0.25, 0.3) is 0 Å². The molecule has 19 heavy (non-hydrogen) atoms. The molecular formula is C14H20N2OS2. The van der Waals surface area contributed by atoms with Crippen molar-refractivity contribution >= 4 is 34.9 Å². The van der Waals surface area contributed by atoms with Crippen LogP contribution in [0.25, 0.3) is 0 Å². The molecule has 0 saturated carbocycles. The van der Waals surface area contributed by atoms with Gasteiger partial charge in [0.1, 0.15) is 0 Å². The number of rotatable bonds is 7. The number of carbonyl (C=O) groups is 1. The maximum Gasteiger partial charge on any atom is 0.232 e. The summed E-state index contributed by atoms with van der Waals surface area (Å²) in [5.41, 5.74) is 6.81. The van der Waals surface area contributed by atoms with Crippen LogP contribution in [0.2, 0.25) is 0 Å². The lowest BCUT2D eigenvalue weighted by Crippen LogP contribution is -2.41. The first kappa shape index (κ1) is 16.0. The zero-order chi connectivity index (χ0) is 14.3. The lowest BCUT2D eigenvalue weighted by atomic mass is 9.98. The van der Waals surface area contributed by atoms with Crippen LogP contribution in [0.4, 0.5) is 0 Å². The van der Waals surface area contributed by atoms with Gasteiger partial charge in [-0.05, 0) is 18.2 Å². The largest absolute Gasteiger partial charge is 0.393 e. The van der Waals surface area contributed by atoms with E-state index in [9.17, 15) is 4.79 Å². The molecule has 1 rings (SSSR count). The summed E-state index contributed by atoms with van der Waals surface area (Å²) in [5.74, 6) is 0.507. The number of thioether (sulfide) groups is 1. The molecule has 0 spiro atoms. The fourth-order valence-corrected chi connectivity index (χ4v) is 2.40. The molecule has 3 nitrogen and oxygen atoms in total. The lowest BCUT2D eigenvalue weighted by Gasteiger charge is -2.23. The predicted molar refractivity (Wildman–Crippen MR) is 86.4 cm³/mol. The first-order chi connectivity index (χ1) is 9.06. The van der Waals surface area contributed by atoms with Crippen molar-refractivity contribution in [3.8, 4) is 0 Å². The number of nitrogens with two attached hydrogens (primary N) is 1. The fraction of sp³-hybridized carbons (Fsp3) is 0.429. The van der Waals surface area contributed by atoms with E-state index in [1.165, 1.54) is 0 Å². The Labute approximate surface area is 124 Å². The highest BCUT2D eigenvalue weighted by Gasteiger charge is 2.24. The second-order valence-corrected chi connectivity index (χ2v) is 5.85. The molecule has 0 saturated heterocycles. The Hall–Kier alpha value is -1.07. The van der Waals surface area contributed by atoms with Gasteiger partial charge in [0.15, 0.2) is 0 Å². The van der Waals surface area contributed by atoms with E-state index in [0.29, 0.717) is 13.0 Å². The zero-order valence-electron chi connectivity index (χ0n) is 11.3. The van der Waals surface area contributed by atoms with Gasteiger partial charge < -0.3 is 10.6 Å². The molecule has 0 radical (unpaired) electrons. The molecule has 1 atom stereocenters. The van der Waals surface area contributed by atoms with Crippen molar-refractivity contribution in [1.82, 2.24) is 4.90 Å². The van der Waals surface area contributed by atoms with Gasteiger partial charge in [0, 0.05) is 19.3 Å². The summed E-state index contributed by atoms with van der Waals surface area (Å²) in [6, 6.07) is 9.83. The SMILES string of the molecule is CSCCN(C)C(=O)C(Cc1ccccc1)C(N)=S. The fourth-order valence-electron chi connectivity index (χ4n) is 1.76. The second kappa shape index (κ2) is 8.17. The summed E-state index contributed by atoms with van der Waals surface area (Å²) in [7, 11) is 1.80. The molecule has 0 aliphatic heterocycles. The molecule has 104 valence electrons. The quantitative estimate of drug-likeness (QED) is 0.781. The summed E-state index contributed by atoms with van der Waals surface area (Å²) in [4.78, 5) is 14.3. The van der Waals surface area contributed by atoms with E-state index >= 15 is 0 Å². The van der Waals surface area contributed by atoms with Gasteiger partial charge >= 0.3 is 0 Å². The summed E-state index contributed by atoms with van der Waals surface area (Å²) in [6.07, 6.45) is 2.59. The Morgan fingerprint density at radius 3 is 2.58 bits per heavy atom. The average Bonchev–Trinajstić information content (AvgIpc) is 2.42. The Balaban J connectivity index is 2.72. The van der Waals surface area contributed by atoms with Gasteiger partial charge in [-0.15, -0.1) is 0 Å². The molecular weight excluding hydrogens is 276 g/mol. The van der Waals surface area contributed by atoms with Crippen molar-refractivity contribution < 1.29 is 4.79 Å². The third-order valence-electron chi connectivity index (χ3n) is 2.93. The van der Waals surface area contributed by atoms with E-state index in [-0.39, 0.29) is 10.9 Å². The van der Waals surface area contributed by atoms with Gasteiger partial charge in [0.05, 0.1) is 10.9 Å². The van der Waals surface area contributed by atoms with Crippen LogP contribution in [0.3, 0.4) is 0 Å². The summed E-state index contributed by atoms with van der Waals surface area (Å²) in [6.45, 7) is 0.716. The molecule has 1 unspecified atom stereocenters. The molecule has 0 heterocycles. The van der Waals surface area contributed by atoms with Crippen molar-refractivity contribution in [2.45, 2.75) is 6.42 Å². The number of carbonyl (C=O) groups excluding carboxylic acids is 1. The van der Waals surface area contributed by atoms with Gasteiger partial charge in [0.2, 0.25) is 5.91 Å². The lowest BCUT2D eigenvalue weighted by molar-refractivity contribution is -0.131. The van der Waals surface area contributed by atoms with E-state index in [1.807, 2.05) is 36.6 Å². The van der Waals surface area contributed by atoms with Crippen molar-refractivity contribution in [2.75, 3.05) is 25.6 Å². The van der Waals surface area contributed by atoms with Crippen molar-refractivity contribution in [3.63, 3.8) is 0 Å². The molecule has 1 aromatic rings. The summed E-state index contributed by atoms with van der Waals surface area (Å²) < 4.78 is 0. The molecule has 5 heteroatoms. The Morgan fingerprint density at radius 2 is 2.05 bits per heavy atom. The molecule has 0 aromatic heterocycles. The number of benzene rings is 1. The van der Waals surface area contributed by atoms with E-state index in [0.717, 1.165) is 11.3 Å². The third-order valence-corrected chi connectivity index (χ3v) is 3.81. The zero-order valence-corrected chi connectivity index (χ0v) is 13.0. The Kier molecular flexibility index (Phi) is 6.87. The number of hydrogen-bond acceptors (Lipinski definition) is 3. The van der Waals surface area contributed by atoms with Gasteiger partial charge in [-0.1, -0.05) is 42.5 Å². The maximum absolute atomic E-state index is 12.3. The van der Waals surface area contributed by atoms with Crippen molar-refractivity contribution in [1.29, 1.82) is 0 Å². The maximum atomic E-state index is 12.3. The molecule has 0 aliphatic carbocycles.